The van der Waals surface area contributed by atoms with Gasteiger partial charge in [-0.1, -0.05) is 32.4 Å². The van der Waals surface area contributed by atoms with Gasteiger partial charge in [0.2, 0.25) is 0 Å². The summed E-state index contributed by atoms with van der Waals surface area (Å²) in [6.07, 6.45) is 3.09. The van der Waals surface area contributed by atoms with Gasteiger partial charge in [0.05, 0.1) is 10.5 Å². The molecule has 0 atom stereocenters. The Morgan fingerprint density at radius 2 is 1.94 bits per heavy atom. The number of thioether (sulfide) groups is 1. The molecule has 0 radical (unpaired) electrons. The van der Waals surface area contributed by atoms with Crippen LogP contribution in [0.5, 0.6) is 0 Å². The first-order chi connectivity index (χ1) is 8.39. The van der Waals surface area contributed by atoms with Gasteiger partial charge < -0.3 is 0 Å². The number of rotatable bonds is 2. The second-order valence-electron chi connectivity index (χ2n) is 5.72. The highest BCUT2D eigenvalue weighted by Gasteiger charge is 2.15. The van der Waals surface area contributed by atoms with Gasteiger partial charge in [0.15, 0.2) is 0 Å². The summed E-state index contributed by atoms with van der Waals surface area (Å²) in [4.78, 5) is 4.63. The quantitative estimate of drug-likeness (QED) is 0.701. The molecule has 0 bridgehead atoms. The fourth-order valence-electron chi connectivity index (χ4n) is 2.06. The van der Waals surface area contributed by atoms with Crippen molar-refractivity contribution in [3.05, 3.63) is 34.9 Å². The highest BCUT2D eigenvalue weighted by Crippen LogP contribution is 2.30. The summed E-state index contributed by atoms with van der Waals surface area (Å²) in [5.41, 5.74) is 2.62. The maximum atomic E-state index is 6.10. The topological polar surface area (TPSA) is 12.9 Å². The molecule has 0 fully saturated rings. The molecule has 0 amide bonds. The van der Waals surface area contributed by atoms with Crippen molar-refractivity contribution in [3.8, 4) is 0 Å². The van der Waals surface area contributed by atoms with Crippen molar-refractivity contribution in [1.29, 1.82) is 0 Å². The van der Waals surface area contributed by atoms with E-state index < -0.39 is 0 Å². The maximum Gasteiger partial charge on any atom is 0.0967 e. The highest BCUT2D eigenvalue weighted by molar-refractivity contribution is 7.98. The average molecular weight is 280 g/mol. The van der Waals surface area contributed by atoms with E-state index in [1.165, 1.54) is 10.9 Å². The van der Waals surface area contributed by atoms with Gasteiger partial charge in [0, 0.05) is 10.4 Å². The first-order valence-electron chi connectivity index (χ1n) is 6.02. The van der Waals surface area contributed by atoms with Crippen molar-refractivity contribution < 1.29 is 0 Å². The minimum absolute atomic E-state index is 0.256. The molecular weight excluding hydrogens is 262 g/mol. The molecule has 0 spiro atoms. The fourth-order valence-corrected chi connectivity index (χ4v) is 2.68. The van der Waals surface area contributed by atoms with Gasteiger partial charge in [-0.05, 0) is 47.9 Å². The minimum atomic E-state index is 0.256. The highest BCUT2D eigenvalue weighted by atomic mass is 35.5. The molecule has 0 aliphatic heterocycles. The molecule has 3 heteroatoms. The first-order valence-corrected chi connectivity index (χ1v) is 7.62. The van der Waals surface area contributed by atoms with Gasteiger partial charge in [-0.2, -0.15) is 0 Å². The zero-order valence-electron chi connectivity index (χ0n) is 11.2. The van der Waals surface area contributed by atoms with E-state index in [1.807, 2.05) is 18.2 Å². The largest absolute Gasteiger partial charge is 0.241 e. The van der Waals surface area contributed by atoms with Gasteiger partial charge in [-0.3, -0.25) is 0 Å². The van der Waals surface area contributed by atoms with Crippen molar-refractivity contribution >= 4 is 34.3 Å². The van der Waals surface area contributed by atoms with Crippen LogP contribution in [0.15, 0.2) is 29.3 Å². The van der Waals surface area contributed by atoms with Gasteiger partial charge >= 0.3 is 0 Å². The van der Waals surface area contributed by atoms with Crippen LogP contribution in [-0.2, 0) is 6.42 Å². The number of hydrogen-bond acceptors (Lipinski definition) is 2. The lowest BCUT2D eigenvalue weighted by molar-refractivity contribution is 0.412. The minimum Gasteiger partial charge on any atom is -0.241 e. The Kier molecular flexibility index (Phi) is 3.88. The maximum absolute atomic E-state index is 6.10. The molecule has 0 N–H and O–H groups in total. The molecule has 0 aliphatic rings. The molecule has 1 aromatic heterocycles. The molecule has 1 nitrogen and oxygen atoms in total. The van der Waals surface area contributed by atoms with Gasteiger partial charge in [0.1, 0.15) is 0 Å². The van der Waals surface area contributed by atoms with E-state index in [4.69, 9.17) is 11.6 Å². The SMILES string of the molecule is CSc1cc(CC(C)(C)C)c2cc(Cl)ccc2n1. The predicted molar refractivity (Wildman–Crippen MR) is 81.7 cm³/mol. The third kappa shape index (κ3) is 3.18. The number of aromatic nitrogens is 1. The molecule has 2 aromatic rings. The average Bonchev–Trinajstić information content (AvgIpc) is 2.27. The van der Waals surface area contributed by atoms with E-state index in [2.05, 4.69) is 38.1 Å². The van der Waals surface area contributed by atoms with Crippen LogP contribution in [0.2, 0.25) is 5.02 Å². The van der Waals surface area contributed by atoms with Crippen molar-refractivity contribution in [3.63, 3.8) is 0 Å². The monoisotopic (exact) mass is 279 g/mol. The summed E-state index contributed by atoms with van der Waals surface area (Å²) in [6.45, 7) is 6.76. The van der Waals surface area contributed by atoms with E-state index in [9.17, 15) is 0 Å². The molecule has 0 aliphatic carbocycles. The smallest absolute Gasteiger partial charge is 0.0967 e. The van der Waals surface area contributed by atoms with Crippen LogP contribution in [-0.4, -0.2) is 11.2 Å². The van der Waals surface area contributed by atoms with Crippen molar-refractivity contribution in [2.75, 3.05) is 6.26 Å². The van der Waals surface area contributed by atoms with E-state index >= 15 is 0 Å². The lowest BCUT2D eigenvalue weighted by Crippen LogP contribution is -2.10. The van der Waals surface area contributed by atoms with Crippen molar-refractivity contribution in [2.45, 2.75) is 32.2 Å². The third-order valence-electron chi connectivity index (χ3n) is 2.76. The third-order valence-corrected chi connectivity index (χ3v) is 3.63. The van der Waals surface area contributed by atoms with Crippen LogP contribution in [0.25, 0.3) is 10.9 Å². The summed E-state index contributed by atoms with van der Waals surface area (Å²) in [5.74, 6) is 0. The number of fused-ring (bicyclic) bond motifs is 1. The van der Waals surface area contributed by atoms with Crippen LogP contribution < -0.4 is 0 Å². The fraction of sp³-hybridized carbons (Fsp3) is 0.400. The molecule has 1 heterocycles. The number of hydrogen-bond donors (Lipinski definition) is 0. The number of benzene rings is 1. The summed E-state index contributed by atoms with van der Waals surface area (Å²) in [6, 6.07) is 8.12. The van der Waals surface area contributed by atoms with E-state index in [0.29, 0.717) is 0 Å². The molecule has 96 valence electrons. The molecular formula is C15H18ClNS. The lowest BCUT2D eigenvalue weighted by atomic mass is 9.87. The van der Waals surface area contributed by atoms with Crippen LogP contribution in [0.3, 0.4) is 0 Å². The molecule has 18 heavy (non-hydrogen) atoms. The summed E-state index contributed by atoms with van der Waals surface area (Å²) in [5, 5.41) is 3.02. The standard InChI is InChI=1S/C15H18ClNS/c1-15(2,3)9-10-7-14(18-4)17-13-6-5-11(16)8-12(10)13/h5-8H,9H2,1-4H3. The Balaban J connectivity index is 2.63. The number of pyridine rings is 1. The zero-order chi connectivity index (χ0) is 13.3. The summed E-state index contributed by atoms with van der Waals surface area (Å²) >= 11 is 7.79. The second kappa shape index (κ2) is 5.10. The number of nitrogens with zero attached hydrogens (tertiary/aromatic N) is 1. The first kappa shape index (κ1) is 13.7. The normalized spacial score (nSPS) is 12.1. The van der Waals surface area contributed by atoms with Crippen LogP contribution >= 0.6 is 23.4 Å². The number of halogens is 1. The van der Waals surface area contributed by atoms with Crippen LogP contribution in [0, 0.1) is 5.41 Å². The Morgan fingerprint density at radius 3 is 2.56 bits per heavy atom. The Labute approximate surface area is 118 Å². The van der Waals surface area contributed by atoms with Crippen LogP contribution in [0.4, 0.5) is 0 Å². The Bertz CT molecular complexity index is 572. The molecule has 1 aromatic carbocycles. The molecule has 0 saturated heterocycles. The molecule has 0 unspecified atom stereocenters. The Morgan fingerprint density at radius 1 is 1.22 bits per heavy atom. The van der Waals surface area contributed by atoms with E-state index in [-0.39, 0.29) is 5.41 Å². The Hall–Kier alpha value is -0.730. The summed E-state index contributed by atoms with van der Waals surface area (Å²) in [7, 11) is 0. The van der Waals surface area contributed by atoms with Crippen LogP contribution in [0.1, 0.15) is 26.3 Å². The zero-order valence-corrected chi connectivity index (χ0v) is 12.8. The van der Waals surface area contributed by atoms with Gasteiger partial charge in [0.25, 0.3) is 0 Å². The second-order valence-corrected chi connectivity index (χ2v) is 6.99. The molecule has 0 saturated carbocycles. The van der Waals surface area contributed by atoms with Crippen molar-refractivity contribution in [2.24, 2.45) is 5.41 Å². The van der Waals surface area contributed by atoms with Crippen molar-refractivity contribution in [1.82, 2.24) is 4.98 Å². The van der Waals surface area contributed by atoms with E-state index in [1.54, 1.807) is 11.8 Å². The van der Waals surface area contributed by atoms with E-state index in [0.717, 1.165) is 22.0 Å². The predicted octanol–water partition coefficient (Wildman–Crippen LogP) is 5.20. The molecule has 2 rings (SSSR count). The van der Waals surface area contributed by atoms with Gasteiger partial charge in [-0.25, -0.2) is 4.98 Å². The lowest BCUT2D eigenvalue weighted by Gasteiger charge is -2.20. The van der Waals surface area contributed by atoms with Gasteiger partial charge in [-0.15, -0.1) is 11.8 Å². The summed E-state index contributed by atoms with van der Waals surface area (Å²) < 4.78 is 0.